The van der Waals surface area contributed by atoms with Gasteiger partial charge in [-0.2, -0.15) is 14.3 Å². The second kappa shape index (κ2) is 3.31. The molecule has 3 nitrogen and oxygen atoms in total. The number of hydroxylamine groups is 1. The highest BCUT2D eigenvalue weighted by Crippen LogP contribution is 1.92. The Morgan fingerprint density at radius 3 is 2.38 bits per heavy atom. The summed E-state index contributed by atoms with van der Waals surface area (Å²) in [7, 11) is 1.22. The Bertz CT molecular complexity index is 85.4. The molecule has 0 saturated carbocycles. The number of carbonyl (C=O) groups excluding carboxylic acids is 1. The quantitative estimate of drug-likeness (QED) is 0.525. The molecule has 0 spiro atoms. The van der Waals surface area contributed by atoms with Gasteiger partial charge in [0.25, 0.3) is 0 Å². The lowest BCUT2D eigenvalue weighted by Gasteiger charge is -1.96. The number of rotatable bonds is 2. The van der Waals surface area contributed by atoms with Gasteiger partial charge in [0.15, 0.2) is 0 Å². The molecule has 0 heterocycles. The molecular formula is C3H5F2NO2. The van der Waals surface area contributed by atoms with Crippen molar-refractivity contribution in [2.45, 2.75) is 6.43 Å². The topological polar surface area (TPSA) is 38.3 Å². The van der Waals surface area contributed by atoms with E-state index in [1.807, 2.05) is 5.48 Å². The van der Waals surface area contributed by atoms with E-state index in [-0.39, 0.29) is 0 Å². The van der Waals surface area contributed by atoms with Gasteiger partial charge in [-0.1, -0.05) is 0 Å². The number of hydrogen-bond acceptors (Lipinski definition) is 3. The molecule has 0 aromatic carbocycles. The summed E-state index contributed by atoms with van der Waals surface area (Å²) in [5, 5.41) is 0. The van der Waals surface area contributed by atoms with Crippen molar-refractivity contribution >= 4 is 5.97 Å². The fourth-order valence-electron chi connectivity index (χ4n) is 0.145. The smallest absolute Gasteiger partial charge is 0.366 e. The molecule has 0 aliphatic carbocycles. The van der Waals surface area contributed by atoms with Crippen molar-refractivity contribution in [1.82, 2.24) is 5.48 Å². The minimum absolute atomic E-state index is 1.22. The Morgan fingerprint density at radius 1 is 1.75 bits per heavy atom. The molecule has 0 aliphatic rings. The summed E-state index contributed by atoms with van der Waals surface area (Å²) in [5.74, 6) is -1.56. The van der Waals surface area contributed by atoms with Crippen LogP contribution in [0.5, 0.6) is 0 Å². The largest absolute Gasteiger partial charge is 0.392 e. The first kappa shape index (κ1) is 7.29. The fourth-order valence-corrected chi connectivity index (χ4v) is 0.145. The van der Waals surface area contributed by atoms with Gasteiger partial charge < -0.3 is 4.84 Å². The predicted octanol–water partition coefficient (Wildman–Crippen LogP) is -0.0709. The summed E-state index contributed by atoms with van der Waals surface area (Å²) in [4.78, 5) is 13.4. The molecule has 5 heteroatoms. The van der Waals surface area contributed by atoms with E-state index in [1.54, 1.807) is 0 Å². The van der Waals surface area contributed by atoms with Crippen LogP contribution < -0.4 is 5.48 Å². The van der Waals surface area contributed by atoms with E-state index < -0.39 is 12.4 Å². The number of alkyl halides is 2. The van der Waals surface area contributed by atoms with Crippen LogP contribution in [0.2, 0.25) is 0 Å². The zero-order chi connectivity index (χ0) is 6.57. The normalized spacial score (nSPS) is 9.50. The number of hydrogen-bond donors (Lipinski definition) is 1. The van der Waals surface area contributed by atoms with E-state index in [9.17, 15) is 13.6 Å². The predicted molar refractivity (Wildman–Crippen MR) is 21.2 cm³/mol. The highest BCUT2D eigenvalue weighted by Gasteiger charge is 2.15. The second-order valence-electron chi connectivity index (χ2n) is 0.926. The zero-order valence-electron chi connectivity index (χ0n) is 4.15. The van der Waals surface area contributed by atoms with E-state index in [2.05, 4.69) is 4.84 Å². The van der Waals surface area contributed by atoms with Crippen molar-refractivity contribution < 1.29 is 18.4 Å². The van der Waals surface area contributed by atoms with E-state index in [4.69, 9.17) is 0 Å². The Hall–Kier alpha value is -0.710. The molecular weight excluding hydrogens is 120 g/mol. The van der Waals surface area contributed by atoms with Crippen molar-refractivity contribution in [3.8, 4) is 0 Å². The maximum Gasteiger partial charge on any atom is 0.392 e. The number of halogens is 2. The van der Waals surface area contributed by atoms with Crippen LogP contribution in [0.1, 0.15) is 0 Å². The van der Waals surface area contributed by atoms with Gasteiger partial charge in [0.05, 0.1) is 0 Å². The molecule has 0 aromatic rings. The number of nitrogens with one attached hydrogen (secondary N) is 1. The van der Waals surface area contributed by atoms with Gasteiger partial charge in [0.2, 0.25) is 0 Å². The molecule has 1 N–H and O–H groups in total. The highest BCUT2D eigenvalue weighted by atomic mass is 19.3. The van der Waals surface area contributed by atoms with Crippen LogP contribution in [0.15, 0.2) is 0 Å². The molecule has 0 aromatic heterocycles. The Kier molecular flexibility index (Phi) is 3.02. The first-order valence-corrected chi connectivity index (χ1v) is 1.84. The number of carbonyl (C=O) groups is 1. The van der Waals surface area contributed by atoms with Gasteiger partial charge in [-0.25, -0.2) is 4.79 Å². The summed E-state index contributed by atoms with van der Waals surface area (Å²) in [6.45, 7) is 0. The van der Waals surface area contributed by atoms with Crippen LogP contribution in [0.25, 0.3) is 0 Å². The maximum absolute atomic E-state index is 11.1. The summed E-state index contributed by atoms with van der Waals surface area (Å²) in [6.07, 6.45) is -3.05. The Balaban J connectivity index is 3.33. The van der Waals surface area contributed by atoms with Crippen LogP contribution >= 0.6 is 0 Å². The molecule has 48 valence electrons. The minimum atomic E-state index is -3.05. The highest BCUT2D eigenvalue weighted by molar-refractivity contribution is 5.72. The molecule has 0 bridgehead atoms. The first-order valence-electron chi connectivity index (χ1n) is 1.84. The Labute approximate surface area is 44.6 Å². The van der Waals surface area contributed by atoms with Gasteiger partial charge >= 0.3 is 12.4 Å². The van der Waals surface area contributed by atoms with Crippen molar-refractivity contribution in [2.24, 2.45) is 0 Å². The van der Waals surface area contributed by atoms with E-state index in [0.29, 0.717) is 0 Å². The third-order valence-electron chi connectivity index (χ3n) is 0.381. The standard InChI is InChI=1S/C3H5F2NO2/c1-6-8-3(7)2(4)5/h2,6H,1H3. The van der Waals surface area contributed by atoms with E-state index >= 15 is 0 Å². The SMILES string of the molecule is CNOC(=O)C(F)F. The summed E-state index contributed by atoms with van der Waals surface area (Å²) >= 11 is 0. The van der Waals surface area contributed by atoms with Crippen molar-refractivity contribution in [3.05, 3.63) is 0 Å². The fraction of sp³-hybridized carbons (Fsp3) is 0.667. The lowest BCUT2D eigenvalue weighted by molar-refractivity contribution is -0.162. The van der Waals surface area contributed by atoms with Gasteiger partial charge in [-0.05, 0) is 0 Å². The van der Waals surface area contributed by atoms with Gasteiger partial charge in [0, 0.05) is 7.05 Å². The molecule has 0 fully saturated rings. The molecule has 0 aliphatic heterocycles. The molecule has 0 amide bonds. The lowest BCUT2D eigenvalue weighted by Crippen LogP contribution is -2.21. The average Bonchev–Trinajstić information content (AvgIpc) is 1.67. The minimum Gasteiger partial charge on any atom is -0.366 e. The molecule has 0 atom stereocenters. The molecule has 0 rings (SSSR count). The third kappa shape index (κ3) is 2.46. The van der Waals surface area contributed by atoms with Gasteiger partial charge in [0.1, 0.15) is 0 Å². The van der Waals surface area contributed by atoms with Crippen molar-refractivity contribution in [3.63, 3.8) is 0 Å². The van der Waals surface area contributed by atoms with Crippen LogP contribution in [0.4, 0.5) is 8.78 Å². The molecule has 0 unspecified atom stereocenters. The maximum atomic E-state index is 11.1. The van der Waals surface area contributed by atoms with Gasteiger partial charge in [-0.15, -0.1) is 0 Å². The van der Waals surface area contributed by atoms with Crippen LogP contribution in [0.3, 0.4) is 0 Å². The second-order valence-corrected chi connectivity index (χ2v) is 0.926. The van der Waals surface area contributed by atoms with Crippen molar-refractivity contribution in [1.29, 1.82) is 0 Å². The molecule has 0 radical (unpaired) electrons. The summed E-state index contributed by atoms with van der Waals surface area (Å²) in [5.41, 5.74) is 1.82. The van der Waals surface area contributed by atoms with E-state index in [1.165, 1.54) is 7.05 Å². The van der Waals surface area contributed by atoms with E-state index in [0.717, 1.165) is 0 Å². The lowest BCUT2D eigenvalue weighted by atomic mass is 10.7. The van der Waals surface area contributed by atoms with Crippen molar-refractivity contribution in [2.75, 3.05) is 7.05 Å². The molecule has 0 saturated heterocycles. The third-order valence-corrected chi connectivity index (χ3v) is 0.381. The average molecular weight is 125 g/mol. The first-order chi connectivity index (χ1) is 3.68. The summed E-state index contributed by atoms with van der Waals surface area (Å²) in [6, 6.07) is 0. The van der Waals surface area contributed by atoms with Crippen LogP contribution in [0, 0.1) is 0 Å². The van der Waals surface area contributed by atoms with Crippen LogP contribution in [-0.4, -0.2) is 19.4 Å². The van der Waals surface area contributed by atoms with Crippen LogP contribution in [-0.2, 0) is 9.63 Å². The zero-order valence-corrected chi connectivity index (χ0v) is 4.15. The summed E-state index contributed by atoms with van der Waals surface area (Å²) < 4.78 is 22.2. The monoisotopic (exact) mass is 125 g/mol. The Morgan fingerprint density at radius 2 is 2.25 bits per heavy atom. The van der Waals surface area contributed by atoms with Gasteiger partial charge in [-0.3, -0.25) is 0 Å². The molecule has 8 heavy (non-hydrogen) atoms.